The third-order valence-corrected chi connectivity index (χ3v) is 5.39. The number of carbonyl (C=O) groups is 1. The summed E-state index contributed by atoms with van der Waals surface area (Å²) in [6.07, 6.45) is 5.70. The van der Waals surface area contributed by atoms with Crippen LogP contribution in [0.2, 0.25) is 5.15 Å². The van der Waals surface area contributed by atoms with Crippen molar-refractivity contribution in [2.24, 2.45) is 7.05 Å². The van der Waals surface area contributed by atoms with Gasteiger partial charge in [-0.05, 0) is 45.6 Å². The van der Waals surface area contributed by atoms with Gasteiger partial charge in [0.05, 0.1) is 12.2 Å². The summed E-state index contributed by atoms with van der Waals surface area (Å²) >= 11 is 6.42. The van der Waals surface area contributed by atoms with Gasteiger partial charge in [0.25, 0.3) is 0 Å². The van der Waals surface area contributed by atoms with Crippen LogP contribution in [-0.2, 0) is 11.8 Å². The van der Waals surface area contributed by atoms with Crippen LogP contribution in [0.3, 0.4) is 0 Å². The summed E-state index contributed by atoms with van der Waals surface area (Å²) in [5.74, 6) is 0.268. The van der Waals surface area contributed by atoms with Gasteiger partial charge in [-0.15, -0.1) is 0 Å². The highest BCUT2D eigenvalue weighted by atomic mass is 35.5. The van der Waals surface area contributed by atoms with Crippen molar-refractivity contribution in [3.8, 4) is 0 Å². The number of hydrogen-bond donors (Lipinski definition) is 0. The minimum atomic E-state index is 0.231. The zero-order valence-electron chi connectivity index (χ0n) is 13.5. The average molecular weight is 325 g/mol. The molecular weight excluding hydrogens is 300 g/mol. The lowest BCUT2D eigenvalue weighted by atomic mass is 10.1. The van der Waals surface area contributed by atoms with Crippen LogP contribution in [0.1, 0.15) is 49.4 Å². The molecule has 0 aromatic carbocycles. The van der Waals surface area contributed by atoms with Crippen molar-refractivity contribution < 1.29 is 4.79 Å². The first kappa shape index (κ1) is 15.8. The van der Waals surface area contributed by atoms with E-state index in [4.69, 9.17) is 11.6 Å². The number of piperidine rings is 1. The van der Waals surface area contributed by atoms with Crippen LogP contribution >= 0.6 is 11.6 Å². The zero-order chi connectivity index (χ0) is 15.7. The molecule has 0 spiro atoms. The van der Waals surface area contributed by atoms with E-state index in [1.165, 1.54) is 6.42 Å². The zero-order valence-corrected chi connectivity index (χ0v) is 14.3. The van der Waals surface area contributed by atoms with E-state index in [1.807, 2.05) is 18.9 Å². The molecule has 2 aliphatic heterocycles. The van der Waals surface area contributed by atoms with Crippen molar-refractivity contribution in [1.82, 2.24) is 19.6 Å². The van der Waals surface area contributed by atoms with Crippen molar-refractivity contribution >= 4 is 17.5 Å². The average Bonchev–Trinajstić information content (AvgIpc) is 3.05. The lowest BCUT2D eigenvalue weighted by molar-refractivity contribution is -0.133. The second-order valence-corrected chi connectivity index (χ2v) is 6.84. The molecule has 1 amide bonds. The van der Waals surface area contributed by atoms with Gasteiger partial charge < -0.3 is 4.90 Å². The molecular formula is C16H25ClN4O. The number of aromatic nitrogens is 2. The molecule has 2 aliphatic rings. The van der Waals surface area contributed by atoms with Crippen LogP contribution in [-0.4, -0.2) is 51.7 Å². The molecule has 0 bridgehead atoms. The van der Waals surface area contributed by atoms with Gasteiger partial charge >= 0.3 is 0 Å². The molecule has 2 fully saturated rings. The fourth-order valence-corrected chi connectivity index (χ4v) is 4.08. The molecule has 122 valence electrons. The van der Waals surface area contributed by atoms with Gasteiger partial charge in [-0.1, -0.05) is 11.6 Å². The minimum absolute atomic E-state index is 0.231. The molecule has 3 rings (SSSR count). The Morgan fingerprint density at radius 3 is 2.59 bits per heavy atom. The molecule has 1 aromatic rings. The Morgan fingerprint density at radius 1 is 1.23 bits per heavy atom. The normalized spacial score (nSPS) is 23.2. The van der Waals surface area contributed by atoms with E-state index in [1.54, 1.807) is 4.68 Å². The number of hydrogen-bond acceptors (Lipinski definition) is 3. The first-order valence-corrected chi connectivity index (χ1v) is 8.66. The molecule has 0 N–H and O–H groups in total. The second kappa shape index (κ2) is 6.59. The topological polar surface area (TPSA) is 41.4 Å². The molecule has 6 heteroatoms. The Balaban J connectivity index is 1.71. The van der Waals surface area contributed by atoms with Crippen LogP contribution < -0.4 is 0 Å². The highest BCUT2D eigenvalue weighted by Gasteiger charge is 2.33. The number of nitrogens with zero attached hydrogens (tertiary/aromatic N) is 4. The van der Waals surface area contributed by atoms with Crippen molar-refractivity contribution in [1.29, 1.82) is 0 Å². The van der Waals surface area contributed by atoms with Gasteiger partial charge in [0.1, 0.15) is 5.15 Å². The van der Waals surface area contributed by atoms with Crippen molar-refractivity contribution in [3.05, 3.63) is 16.4 Å². The van der Waals surface area contributed by atoms with Crippen LogP contribution in [0.15, 0.2) is 0 Å². The lowest BCUT2D eigenvalue weighted by Gasteiger charge is -2.30. The van der Waals surface area contributed by atoms with E-state index in [0.717, 1.165) is 56.6 Å². The summed E-state index contributed by atoms with van der Waals surface area (Å²) in [6.45, 7) is 5.32. The van der Waals surface area contributed by atoms with Crippen LogP contribution in [0.25, 0.3) is 0 Å². The summed E-state index contributed by atoms with van der Waals surface area (Å²) in [4.78, 5) is 16.8. The van der Waals surface area contributed by atoms with E-state index < -0.39 is 0 Å². The molecule has 0 radical (unpaired) electrons. The summed E-state index contributed by atoms with van der Waals surface area (Å²) < 4.78 is 1.73. The third-order valence-electron chi connectivity index (χ3n) is 4.94. The number of rotatable bonds is 3. The Bertz CT molecular complexity index is 551. The Kier molecular flexibility index (Phi) is 4.73. The van der Waals surface area contributed by atoms with E-state index in [9.17, 15) is 4.79 Å². The second-order valence-electron chi connectivity index (χ2n) is 6.48. The number of halogens is 1. The van der Waals surface area contributed by atoms with Crippen molar-refractivity contribution in [3.63, 3.8) is 0 Å². The summed E-state index contributed by atoms with van der Waals surface area (Å²) in [5, 5.41) is 5.13. The largest absolute Gasteiger partial charge is 0.342 e. The van der Waals surface area contributed by atoms with Gasteiger partial charge in [-0.3, -0.25) is 14.4 Å². The summed E-state index contributed by atoms with van der Waals surface area (Å²) in [7, 11) is 1.87. The summed E-state index contributed by atoms with van der Waals surface area (Å²) in [5.41, 5.74) is 2.09. The number of aryl methyl sites for hydroxylation is 2. The van der Waals surface area contributed by atoms with E-state index in [2.05, 4.69) is 10.00 Å². The molecule has 5 nitrogen and oxygen atoms in total. The third kappa shape index (κ3) is 3.01. The van der Waals surface area contributed by atoms with Crippen LogP contribution in [0.4, 0.5) is 0 Å². The summed E-state index contributed by atoms with van der Waals surface area (Å²) in [6, 6.07) is 0.231. The maximum absolute atomic E-state index is 12.5. The molecule has 22 heavy (non-hydrogen) atoms. The molecule has 0 aliphatic carbocycles. The number of amides is 1. The predicted octanol–water partition coefficient (Wildman–Crippen LogP) is 2.53. The van der Waals surface area contributed by atoms with Gasteiger partial charge in [0.15, 0.2) is 0 Å². The standard InChI is InChI=1S/C16H25ClN4O/c1-12-15(16(17)19(2)18-12)13-7-6-10-21(13)11-14(22)20-8-4-3-5-9-20/h13H,3-11H2,1-2H3/t13-/m1/s1. The van der Waals surface area contributed by atoms with Crippen molar-refractivity contribution in [2.45, 2.75) is 45.1 Å². The highest BCUT2D eigenvalue weighted by Crippen LogP contribution is 2.37. The van der Waals surface area contributed by atoms with Crippen LogP contribution in [0, 0.1) is 6.92 Å². The fraction of sp³-hybridized carbons (Fsp3) is 0.750. The first-order valence-electron chi connectivity index (χ1n) is 8.28. The van der Waals surface area contributed by atoms with Crippen molar-refractivity contribution in [2.75, 3.05) is 26.2 Å². The maximum Gasteiger partial charge on any atom is 0.236 e. The molecule has 0 saturated carbocycles. The molecule has 2 saturated heterocycles. The maximum atomic E-state index is 12.5. The molecule has 3 heterocycles. The van der Waals surface area contributed by atoms with Gasteiger partial charge in [-0.2, -0.15) is 5.10 Å². The SMILES string of the molecule is Cc1nn(C)c(Cl)c1[C@H]1CCCN1CC(=O)N1CCCCC1. The first-order chi connectivity index (χ1) is 10.6. The van der Waals surface area contributed by atoms with Crippen LogP contribution in [0.5, 0.6) is 0 Å². The van der Waals surface area contributed by atoms with Gasteiger partial charge in [-0.25, -0.2) is 0 Å². The minimum Gasteiger partial charge on any atom is -0.342 e. The molecule has 0 unspecified atom stereocenters. The quantitative estimate of drug-likeness (QED) is 0.858. The molecule has 1 aromatic heterocycles. The van der Waals surface area contributed by atoms with Gasteiger partial charge in [0.2, 0.25) is 5.91 Å². The smallest absolute Gasteiger partial charge is 0.236 e. The number of likely N-dealkylation sites (tertiary alicyclic amines) is 2. The van der Waals surface area contributed by atoms with E-state index in [0.29, 0.717) is 11.7 Å². The molecule has 1 atom stereocenters. The lowest BCUT2D eigenvalue weighted by Crippen LogP contribution is -2.42. The van der Waals surface area contributed by atoms with E-state index >= 15 is 0 Å². The predicted molar refractivity (Wildman–Crippen MR) is 86.9 cm³/mol. The Morgan fingerprint density at radius 2 is 1.95 bits per heavy atom. The number of carbonyl (C=O) groups excluding carboxylic acids is 1. The monoisotopic (exact) mass is 324 g/mol. The van der Waals surface area contributed by atoms with E-state index in [-0.39, 0.29) is 11.9 Å². The highest BCUT2D eigenvalue weighted by molar-refractivity contribution is 6.30. The Hall–Kier alpha value is -1.07. The fourth-order valence-electron chi connectivity index (χ4n) is 3.78. The van der Waals surface area contributed by atoms with Gasteiger partial charge in [0, 0.05) is 31.7 Å². The Labute approximate surface area is 137 Å².